The number of thiophene rings is 1. The van der Waals surface area contributed by atoms with Gasteiger partial charge in [0.25, 0.3) is 0 Å². The molecule has 0 unspecified atom stereocenters. The van der Waals surface area contributed by atoms with Crippen LogP contribution in [0.4, 0.5) is 0 Å². The number of aliphatic imine (C=N–C) groups is 1. The molecule has 1 amide bonds. The molecule has 0 spiro atoms. The molecule has 0 aromatic carbocycles. The molecule has 0 radical (unpaired) electrons. The minimum Gasteiger partial charge on any atom is -0.356 e. The van der Waals surface area contributed by atoms with Gasteiger partial charge in [-0.2, -0.15) is 0 Å². The van der Waals surface area contributed by atoms with Crippen LogP contribution in [0.5, 0.6) is 0 Å². The number of likely N-dealkylation sites (N-methyl/N-ethyl adjacent to an activating group) is 1. The van der Waals surface area contributed by atoms with Crippen molar-refractivity contribution in [1.82, 2.24) is 15.5 Å². The van der Waals surface area contributed by atoms with Crippen LogP contribution in [0.15, 0.2) is 17.1 Å². The van der Waals surface area contributed by atoms with Gasteiger partial charge < -0.3 is 15.5 Å². The Morgan fingerprint density at radius 2 is 2.10 bits per heavy atom. The summed E-state index contributed by atoms with van der Waals surface area (Å²) in [5, 5.41) is 6.55. The predicted molar refractivity (Wildman–Crippen MR) is 89.8 cm³/mol. The third-order valence-electron chi connectivity index (χ3n) is 2.92. The highest BCUT2D eigenvalue weighted by Crippen LogP contribution is 2.14. The molecule has 0 atom stereocenters. The molecule has 2 N–H and O–H groups in total. The van der Waals surface area contributed by atoms with Crippen molar-refractivity contribution in [2.75, 3.05) is 27.2 Å². The smallest absolute Gasteiger partial charge is 0.243 e. The van der Waals surface area contributed by atoms with E-state index in [1.165, 1.54) is 9.75 Å². The third kappa shape index (κ3) is 7.13. The fourth-order valence-electron chi connectivity index (χ4n) is 1.60. The van der Waals surface area contributed by atoms with E-state index in [-0.39, 0.29) is 12.5 Å². The Bertz CT molecular complexity index is 468. The Morgan fingerprint density at radius 3 is 2.67 bits per heavy atom. The highest BCUT2D eigenvalue weighted by molar-refractivity contribution is 7.11. The molecule has 1 aromatic heterocycles. The maximum Gasteiger partial charge on any atom is 0.243 e. The molecule has 1 heterocycles. The normalized spacial score (nSPS) is 11.3. The first-order chi connectivity index (χ1) is 10.0. The maximum atomic E-state index is 11.6. The van der Waals surface area contributed by atoms with Crippen LogP contribution in [0.2, 0.25) is 0 Å². The molecule has 0 bridgehead atoms. The molecule has 21 heavy (non-hydrogen) atoms. The molecule has 0 saturated heterocycles. The van der Waals surface area contributed by atoms with Gasteiger partial charge in [0.2, 0.25) is 5.91 Å². The first kappa shape index (κ1) is 17.5. The maximum absolute atomic E-state index is 11.6. The van der Waals surface area contributed by atoms with Crippen molar-refractivity contribution >= 4 is 23.2 Å². The number of nitrogens with one attached hydrogen (secondary N) is 2. The second kappa shape index (κ2) is 9.39. The zero-order valence-corrected chi connectivity index (χ0v) is 14.2. The van der Waals surface area contributed by atoms with Gasteiger partial charge in [-0.25, -0.2) is 4.99 Å². The zero-order chi connectivity index (χ0) is 15.7. The number of amides is 1. The summed E-state index contributed by atoms with van der Waals surface area (Å²) in [6.07, 6.45) is 2.21. The van der Waals surface area contributed by atoms with Crippen LogP contribution in [0, 0.1) is 6.92 Å². The monoisotopic (exact) mass is 310 g/mol. The molecular weight excluding hydrogens is 284 g/mol. The van der Waals surface area contributed by atoms with E-state index in [2.05, 4.69) is 41.6 Å². The van der Waals surface area contributed by atoms with Gasteiger partial charge in [0.05, 0.1) is 6.54 Å². The standard InChI is InChI=1S/C15H26N4OS/c1-5-6-9-16-15(18-11-14(20)19(3)4)17-10-13-8-7-12(2)21-13/h7-8H,5-6,9-11H2,1-4H3,(H2,16,17,18). The fourth-order valence-corrected chi connectivity index (χ4v) is 2.43. The molecule has 1 rings (SSSR count). The van der Waals surface area contributed by atoms with Gasteiger partial charge in [-0.3, -0.25) is 4.79 Å². The second-order valence-electron chi connectivity index (χ2n) is 5.10. The Hall–Kier alpha value is -1.56. The Balaban J connectivity index is 2.54. The van der Waals surface area contributed by atoms with Gasteiger partial charge in [0, 0.05) is 30.4 Å². The van der Waals surface area contributed by atoms with E-state index < -0.39 is 0 Å². The van der Waals surface area contributed by atoms with Crippen molar-refractivity contribution in [1.29, 1.82) is 0 Å². The summed E-state index contributed by atoms with van der Waals surface area (Å²) < 4.78 is 0. The molecule has 1 aromatic rings. The number of carbonyl (C=O) groups is 1. The van der Waals surface area contributed by atoms with E-state index in [9.17, 15) is 4.79 Å². The number of unbranched alkanes of at least 4 members (excludes halogenated alkanes) is 1. The topological polar surface area (TPSA) is 56.7 Å². The molecule has 0 saturated carbocycles. The molecule has 0 aliphatic heterocycles. The number of guanidine groups is 1. The van der Waals surface area contributed by atoms with Crippen LogP contribution in [0.25, 0.3) is 0 Å². The lowest BCUT2D eigenvalue weighted by Crippen LogP contribution is -2.38. The number of hydrogen-bond acceptors (Lipinski definition) is 3. The second-order valence-corrected chi connectivity index (χ2v) is 6.47. The van der Waals surface area contributed by atoms with Gasteiger partial charge >= 0.3 is 0 Å². The lowest BCUT2D eigenvalue weighted by atomic mass is 10.3. The van der Waals surface area contributed by atoms with Crippen molar-refractivity contribution in [2.45, 2.75) is 33.2 Å². The SMILES string of the molecule is CCCCNC(=NCC(=O)N(C)C)NCc1ccc(C)s1. The summed E-state index contributed by atoms with van der Waals surface area (Å²) >= 11 is 1.77. The van der Waals surface area contributed by atoms with Crippen molar-refractivity contribution < 1.29 is 4.79 Å². The largest absolute Gasteiger partial charge is 0.356 e. The van der Waals surface area contributed by atoms with Crippen molar-refractivity contribution in [3.63, 3.8) is 0 Å². The van der Waals surface area contributed by atoms with E-state index >= 15 is 0 Å². The minimum absolute atomic E-state index is 0.00133. The summed E-state index contributed by atoms with van der Waals surface area (Å²) in [5.41, 5.74) is 0. The summed E-state index contributed by atoms with van der Waals surface area (Å²) in [7, 11) is 3.48. The molecular formula is C15H26N4OS. The van der Waals surface area contributed by atoms with E-state index in [1.54, 1.807) is 30.3 Å². The van der Waals surface area contributed by atoms with E-state index in [1.807, 2.05) is 0 Å². The van der Waals surface area contributed by atoms with Crippen LogP contribution in [-0.2, 0) is 11.3 Å². The Kier molecular flexibility index (Phi) is 7.82. The summed E-state index contributed by atoms with van der Waals surface area (Å²) in [6.45, 7) is 6.00. The molecule has 0 aliphatic carbocycles. The van der Waals surface area contributed by atoms with Crippen LogP contribution >= 0.6 is 11.3 Å². The number of rotatable bonds is 7. The van der Waals surface area contributed by atoms with Crippen LogP contribution in [0.1, 0.15) is 29.5 Å². The molecule has 6 heteroatoms. The van der Waals surface area contributed by atoms with Gasteiger partial charge in [-0.15, -0.1) is 11.3 Å². The van der Waals surface area contributed by atoms with Gasteiger partial charge in [-0.1, -0.05) is 13.3 Å². The quantitative estimate of drug-likeness (QED) is 0.460. The molecule has 0 aliphatic rings. The van der Waals surface area contributed by atoms with Crippen LogP contribution in [0.3, 0.4) is 0 Å². The van der Waals surface area contributed by atoms with Crippen molar-refractivity contribution in [3.8, 4) is 0 Å². The summed E-state index contributed by atoms with van der Waals surface area (Å²) in [6, 6.07) is 4.22. The predicted octanol–water partition coefficient (Wildman–Crippen LogP) is 1.98. The van der Waals surface area contributed by atoms with Crippen molar-refractivity contribution in [2.24, 2.45) is 4.99 Å². The third-order valence-corrected chi connectivity index (χ3v) is 3.92. The molecule has 118 valence electrons. The number of hydrogen-bond donors (Lipinski definition) is 2. The first-order valence-electron chi connectivity index (χ1n) is 7.30. The van der Waals surface area contributed by atoms with Gasteiger partial charge in [0.15, 0.2) is 5.96 Å². The fraction of sp³-hybridized carbons (Fsp3) is 0.600. The van der Waals surface area contributed by atoms with E-state index in [0.29, 0.717) is 5.96 Å². The average molecular weight is 310 g/mol. The zero-order valence-electron chi connectivity index (χ0n) is 13.4. The summed E-state index contributed by atoms with van der Waals surface area (Å²) in [4.78, 5) is 20.1. The lowest BCUT2D eigenvalue weighted by molar-refractivity contribution is -0.127. The Morgan fingerprint density at radius 1 is 1.33 bits per heavy atom. The van der Waals surface area contributed by atoms with Gasteiger partial charge in [0.1, 0.15) is 6.54 Å². The highest BCUT2D eigenvalue weighted by Gasteiger charge is 2.05. The molecule has 5 nitrogen and oxygen atoms in total. The molecule has 0 fully saturated rings. The first-order valence-corrected chi connectivity index (χ1v) is 8.12. The van der Waals surface area contributed by atoms with Crippen molar-refractivity contribution in [3.05, 3.63) is 21.9 Å². The minimum atomic E-state index is -0.00133. The van der Waals surface area contributed by atoms with E-state index in [4.69, 9.17) is 0 Å². The van der Waals surface area contributed by atoms with Gasteiger partial charge in [-0.05, 0) is 25.5 Å². The van der Waals surface area contributed by atoms with Crippen LogP contribution in [-0.4, -0.2) is 44.0 Å². The number of carbonyl (C=O) groups excluding carboxylic acids is 1. The Labute approximate surface area is 131 Å². The average Bonchev–Trinajstić information content (AvgIpc) is 2.86. The number of nitrogens with zero attached hydrogens (tertiary/aromatic N) is 2. The number of aryl methyl sites for hydroxylation is 1. The van der Waals surface area contributed by atoms with E-state index in [0.717, 1.165) is 25.9 Å². The lowest BCUT2D eigenvalue weighted by Gasteiger charge is -2.13. The van der Waals surface area contributed by atoms with Crippen LogP contribution < -0.4 is 10.6 Å². The highest BCUT2D eigenvalue weighted by atomic mass is 32.1. The summed E-state index contributed by atoms with van der Waals surface area (Å²) in [5.74, 6) is 0.697.